The van der Waals surface area contributed by atoms with Crippen LogP contribution in [0.4, 0.5) is 0 Å². The monoisotopic (exact) mass is 313 g/mol. The zero-order chi connectivity index (χ0) is 16.0. The molecular formula is C14H25BNO4P+. The third-order valence-corrected chi connectivity index (χ3v) is 5.01. The van der Waals surface area contributed by atoms with E-state index in [2.05, 4.69) is 11.7 Å². The van der Waals surface area contributed by atoms with Gasteiger partial charge in [0, 0.05) is 12.4 Å². The van der Waals surface area contributed by atoms with Gasteiger partial charge in [-0.25, -0.2) is 0 Å². The molecule has 0 bridgehead atoms. The van der Waals surface area contributed by atoms with E-state index in [-0.39, 0.29) is 18.2 Å². The third kappa shape index (κ3) is 6.06. The van der Waals surface area contributed by atoms with Crippen molar-refractivity contribution in [3.63, 3.8) is 0 Å². The predicted molar refractivity (Wildman–Crippen MR) is 84.4 cm³/mol. The number of hydrogen-bond acceptors (Lipinski definition) is 5. The van der Waals surface area contributed by atoms with E-state index in [1.807, 2.05) is 27.7 Å². The summed E-state index contributed by atoms with van der Waals surface area (Å²) >= 11 is 0. The number of aliphatic hydroxyl groups excluding tert-OH is 1. The Morgan fingerprint density at radius 3 is 2.81 bits per heavy atom. The molecule has 1 saturated heterocycles. The molecule has 5 nitrogen and oxygen atoms in total. The van der Waals surface area contributed by atoms with Gasteiger partial charge in [-0.3, -0.25) is 0 Å². The molecule has 0 aromatic rings. The van der Waals surface area contributed by atoms with Crippen LogP contribution in [-0.2, 0) is 13.8 Å². The van der Waals surface area contributed by atoms with Crippen molar-refractivity contribution in [2.75, 3.05) is 6.54 Å². The average Bonchev–Trinajstić information content (AvgIpc) is 2.69. The maximum absolute atomic E-state index is 12.2. The van der Waals surface area contributed by atoms with Gasteiger partial charge in [0.1, 0.15) is 6.10 Å². The van der Waals surface area contributed by atoms with Crippen LogP contribution in [0.2, 0.25) is 0 Å². The summed E-state index contributed by atoms with van der Waals surface area (Å²) in [7, 11) is -0.106. The summed E-state index contributed by atoms with van der Waals surface area (Å²) in [5, 5.41) is 9.54. The Balaban J connectivity index is 2.55. The van der Waals surface area contributed by atoms with Crippen LogP contribution < -0.4 is 5.73 Å². The summed E-state index contributed by atoms with van der Waals surface area (Å²) in [6.07, 6.45) is -0.0368. The molecule has 1 heterocycles. The van der Waals surface area contributed by atoms with Gasteiger partial charge in [-0.2, -0.15) is 5.82 Å². The topological polar surface area (TPSA) is 81.8 Å². The SMILES string of the molecule is CC(C)O[P+](=O)C(C)(C)CC1O[C@@H]([B]C#CCN)CC1O. The smallest absolute Gasteiger partial charge is 0.390 e. The van der Waals surface area contributed by atoms with Crippen LogP contribution in [0.5, 0.6) is 0 Å². The molecule has 1 aliphatic rings. The fourth-order valence-corrected chi connectivity index (χ4v) is 3.16. The van der Waals surface area contributed by atoms with Crippen molar-refractivity contribution in [1.29, 1.82) is 0 Å². The highest BCUT2D eigenvalue weighted by atomic mass is 31.1. The van der Waals surface area contributed by atoms with Crippen LogP contribution in [0.25, 0.3) is 0 Å². The normalized spacial score (nSPS) is 26.4. The van der Waals surface area contributed by atoms with Gasteiger partial charge in [-0.15, -0.1) is 10.4 Å². The van der Waals surface area contributed by atoms with Gasteiger partial charge >= 0.3 is 8.03 Å². The third-order valence-electron chi connectivity index (χ3n) is 3.23. The molecule has 21 heavy (non-hydrogen) atoms. The Morgan fingerprint density at radius 2 is 2.24 bits per heavy atom. The molecule has 0 aromatic heterocycles. The van der Waals surface area contributed by atoms with E-state index in [9.17, 15) is 9.67 Å². The van der Waals surface area contributed by atoms with Crippen LogP contribution in [-0.4, -0.2) is 48.4 Å². The second kappa shape index (κ2) is 8.26. The average molecular weight is 313 g/mol. The van der Waals surface area contributed by atoms with E-state index >= 15 is 0 Å². The molecule has 1 rings (SSSR count). The Morgan fingerprint density at radius 1 is 1.57 bits per heavy atom. The zero-order valence-corrected chi connectivity index (χ0v) is 14.1. The summed E-state index contributed by atoms with van der Waals surface area (Å²) in [4.78, 5) is 0. The van der Waals surface area contributed by atoms with Gasteiger partial charge in [0.25, 0.3) is 7.28 Å². The maximum atomic E-state index is 12.2. The Hall–Kier alpha value is -0.435. The summed E-state index contributed by atoms with van der Waals surface area (Å²) < 4.78 is 23.4. The molecule has 0 saturated carbocycles. The maximum Gasteiger partial charge on any atom is 0.514 e. The first-order valence-electron chi connectivity index (χ1n) is 7.25. The molecular weight excluding hydrogens is 288 g/mol. The van der Waals surface area contributed by atoms with Gasteiger partial charge < -0.3 is 15.6 Å². The first-order chi connectivity index (χ1) is 9.76. The molecule has 7 heteroatoms. The minimum absolute atomic E-state index is 0.0880. The lowest BCUT2D eigenvalue weighted by Crippen LogP contribution is -2.31. The first-order valence-corrected chi connectivity index (χ1v) is 8.43. The highest BCUT2D eigenvalue weighted by Crippen LogP contribution is 2.45. The molecule has 1 aliphatic heterocycles. The largest absolute Gasteiger partial charge is 0.514 e. The Bertz CT molecular complexity index is 419. The van der Waals surface area contributed by atoms with E-state index in [4.69, 9.17) is 15.0 Å². The van der Waals surface area contributed by atoms with Gasteiger partial charge in [0.15, 0.2) is 5.16 Å². The molecule has 4 atom stereocenters. The number of ether oxygens (including phenoxy) is 1. The summed E-state index contributed by atoms with van der Waals surface area (Å²) in [5.41, 5.74) is 5.29. The van der Waals surface area contributed by atoms with Gasteiger partial charge in [0.05, 0.1) is 18.8 Å². The molecule has 0 spiro atoms. The summed E-state index contributed by atoms with van der Waals surface area (Å²) in [6.45, 7) is 7.75. The van der Waals surface area contributed by atoms with Crippen molar-refractivity contribution in [2.45, 2.75) is 70.0 Å². The minimum atomic E-state index is -1.82. The van der Waals surface area contributed by atoms with Crippen LogP contribution in [0, 0.1) is 11.7 Å². The molecule has 3 unspecified atom stereocenters. The zero-order valence-electron chi connectivity index (χ0n) is 13.2. The summed E-state index contributed by atoms with van der Waals surface area (Å²) in [6, 6.07) is -0.205. The Labute approximate surface area is 129 Å². The number of aliphatic hydroxyl groups is 1. The number of nitrogens with two attached hydrogens (primary N) is 1. The molecule has 3 N–H and O–H groups in total. The number of rotatable bonds is 6. The van der Waals surface area contributed by atoms with E-state index in [0.29, 0.717) is 19.4 Å². The van der Waals surface area contributed by atoms with Crippen molar-refractivity contribution in [1.82, 2.24) is 0 Å². The predicted octanol–water partition coefficient (Wildman–Crippen LogP) is 1.42. The molecule has 1 fully saturated rings. The quantitative estimate of drug-likeness (QED) is 0.440. The fourth-order valence-electron chi connectivity index (χ4n) is 2.16. The number of hydrogen-bond donors (Lipinski definition) is 2. The van der Waals surface area contributed by atoms with Gasteiger partial charge in [0.2, 0.25) is 0 Å². The Kier molecular flexibility index (Phi) is 7.33. The van der Waals surface area contributed by atoms with Crippen molar-refractivity contribution >= 4 is 15.3 Å². The van der Waals surface area contributed by atoms with E-state index in [1.165, 1.54) is 0 Å². The van der Waals surface area contributed by atoms with Gasteiger partial charge in [-0.1, -0.05) is 0 Å². The molecule has 117 valence electrons. The summed E-state index contributed by atoms with van der Waals surface area (Å²) in [5.74, 6) is 5.55. The van der Waals surface area contributed by atoms with Crippen molar-refractivity contribution in [3.05, 3.63) is 0 Å². The lowest BCUT2D eigenvalue weighted by Gasteiger charge is -2.20. The van der Waals surface area contributed by atoms with E-state index in [0.717, 1.165) is 0 Å². The lowest BCUT2D eigenvalue weighted by molar-refractivity contribution is 0.0204. The van der Waals surface area contributed by atoms with Crippen molar-refractivity contribution in [3.8, 4) is 11.7 Å². The molecule has 0 aliphatic carbocycles. The van der Waals surface area contributed by atoms with Crippen molar-refractivity contribution in [2.24, 2.45) is 5.73 Å². The van der Waals surface area contributed by atoms with Crippen LogP contribution in [0.15, 0.2) is 0 Å². The molecule has 0 amide bonds. The fraction of sp³-hybridized carbons (Fsp3) is 0.857. The van der Waals surface area contributed by atoms with E-state index < -0.39 is 19.3 Å². The highest BCUT2D eigenvalue weighted by molar-refractivity contribution is 7.41. The van der Waals surface area contributed by atoms with E-state index in [1.54, 1.807) is 7.28 Å². The first kappa shape index (κ1) is 18.6. The second-order valence-corrected chi connectivity index (χ2v) is 8.07. The minimum Gasteiger partial charge on any atom is -0.390 e. The highest BCUT2D eigenvalue weighted by Gasteiger charge is 2.48. The molecule has 1 radical (unpaired) electrons. The van der Waals surface area contributed by atoms with Crippen LogP contribution in [0.3, 0.4) is 0 Å². The standard InChI is InChI=1S/C14H25BNO4P/c1-10(2)20-21(18)14(3,4)9-12-11(17)8-13(19-12)15-6-5-7-16/h10-13,17H,7-9,16H2,1-4H3/q+1/t11?,12?,13-/m1/s1. The van der Waals surface area contributed by atoms with Crippen molar-refractivity contribution < 1.29 is 18.9 Å². The van der Waals surface area contributed by atoms with Crippen LogP contribution in [0.1, 0.15) is 40.5 Å². The second-order valence-electron chi connectivity index (χ2n) is 6.14. The van der Waals surface area contributed by atoms with Crippen LogP contribution >= 0.6 is 8.03 Å². The lowest BCUT2D eigenvalue weighted by atomic mass is 9.71. The molecule has 0 aromatic carbocycles. The van der Waals surface area contributed by atoms with Gasteiger partial charge in [-0.05, 0) is 38.7 Å².